The number of likely N-dealkylation sites (tertiary alicyclic amines) is 1. The van der Waals surface area contributed by atoms with Crippen LogP contribution in [-0.4, -0.2) is 106 Å². The Morgan fingerprint density at radius 2 is 1.68 bits per heavy atom. The molecule has 15 nitrogen and oxygen atoms in total. The van der Waals surface area contributed by atoms with E-state index in [0.29, 0.717) is 38.6 Å². The van der Waals surface area contributed by atoms with Crippen LogP contribution in [0.3, 0.4) is 0 Å². The summed E-state index contributed by atoms with van der Waals surface area (Å²) in [5, 5.41) is 34.7. The molecule has 0 aromatic rings. The molecule has 37 heavy (non-hydrogen) atoms. The van der Waals surface area contributed by atoms with E-state index >= 15 is 0 Å². The lowest BCUT2D eigenvalue weighted by molar-refractivity contribution is -0.148. The van der Waals surface area contributed by atoms with E-state index in [1.807, 2.05) is 0 Å². The molecule has 10 N–H and O–H groups in total. The zero-order valence-electron chi connectivity index (χ0n) is 21.0. The number of rotatable bonds is 11. The maximum Gasteiger partial charge on any atom is 0.326 e. The smallest absolute Gasteiger partial charge is 0.326 e. The number of aliphatic hydroxyl groups is 1. The zero-order valence-corrected chi connectivity index (χ0v) is 21.0. The van der Waals surface area contributed by atoms with Crippen molar-refractivity contribution in [2.24, 2.45) is 16.5 Å². The highest BCUT2D eigenvalue weighted by atomic mass is 16.4. The Morgan fingerprint density at radius 3 is 2.22 bits per heavy atom. The van der Waals surface area contributed by atoms with Gasteiger partial charge in [-0.25, -0.2) is 4.79 Å². The SMILES string of the molecule is CC(=O)O.NC(N)=NCCC[C@H](NC(=O)[C@@H]1CCCCN1C(=O)[C@H](CO)NC(=O)[C@@H]1CCCN1)C(=O)O. The van der Waals surface area contributed by atoms with Gasteiger partial charge in [0.1, 0.15) is 18.1 Å². The molecule has 0 bridgehead atoms. The first-order valence-corrected chi connectivity index (χ1v) is 12.2. The third-order valence-corrected chi connectivity index (χ3v) is 5.82. The topological polar surface area (TPSA) is 250 Å². The van der Waals surface area contributed by atoms with E-state index in [9.17, 15) is 29.4 Å². The highest BCUT2D eigenvalue weighted by Crippen LogP contribution is 2.19. The molecule has 0 aromatic carbocycles. The van der Waals surface area contributed by atoms with Crippen LogP contribution >= 0.6 is 0 Å². The third-order valence-electron chi connectivity index (χ3n) is 5.82. The fraction of sp³-hybridized carbons (Fsp3) is 0.727. The van der Waals surface area contributed by atoms with Crippen molar-refractivity contribution in [2.75, 3.05) is 26.2 Å². The number of nitrogens with one attached hydrogen (secondary N) is 3. The molecule has 2 fully saturated rings. The number of piperidine rings is 1. The second-order valence-corrected chi connectivity index (χ2v) is 8.80. The minimum atomic E-state index is -1.20. The Labute approximate surface area is 215 Å². The zero-order chi connectivity index (χ0) is 28.0. The van der Waals surface area contributed by atoms with Crippen molar-refractivity contribution in [2.45, 2.75) is 76.0 Å². The molecule has 0 saturated carbocycles. The van der Waals surface area contributed by atoms with E-state index in [2.05, 4.69) is 20.9 Å². The number of aliphatic carboxylic acids is 2. The highest BCUT2D eigenvalue weighted by Gasteiger charge is 2.37. The fourth-order valence-electron chi connectivity index (χ4n) is 4.06. The Morgan fingerprint density at radius 1 is 1.03 bits per heavy atom. The summed E-state index contributed by atoms with van der Waals surface area (Å²) in [7, 11) is 0. The number of nitrogens with zero attached hydrogens (tertiary/aromatic N) is 2. The number of nitrogens with two attached hydrogens (primary N) is 2. The molecular weight excluding hydrogens is 490 g/mol. The van der Waals surface area contributed by atoms with Crippen LogP contribution < -0.4 is 27.4 Å². The summed E-state index contributed by atoms with van der Waals surface area (Å²) in [5.74, 6) is -3.66. The number of carboxylic acids is 2. The first kappa shape index (κ1) is 31.6. The molecule has 15 heteroatoms. The lowest BCUT2D eigenvalue weighted by Gasteiger charge is -2.37. The van der Waals surface area contributed by atoms with Crippen LogP contribution in [0.4, 0.5) is 0 Å². The van der Waals surface area contributed by atoms with E-state index in [1.165, 1.54) is 4.90 Å². The van der Waals surface area contributed by atoms with Gasteiger partial charge in [0.05, 0.1) is 12.6 Å². The van der Waals surface area contributed by atoms with Gasteiger partial charge in [-0.3, -0.25) is 24.2 Å². The fourth-order valence-corrected chi connectivity index (χ4v) is 4.06. The summed E-state index contributed by atoms with van der Waals surface area (Å²) in [6, 6.07) is -3.64. The molecule has 2 saturated heterocycles. The second kappa shape index (κ2) is 16.3. The van der Waals surface area contributed by atoms with Gasteiger partial charge in [0.25, 0.3) is 5.97 Å². The number of hydrogen-bond acceptors (Lipinski definition) is 8. The Balaban J connectivity index is 0.00000159. The lowest BCUT2D eigenvalue weighted by Crippen LogP contribution is -2.60. The number of aliphatic hydroxyl groups excluding tert-OH is 1. The number of aliphatic imine (C=N–C) groups is 1. The molecule has 0 spiro atoms. The summed E-state index contributed by atoms with van der Waals surface area (Å²) in [5.41, 5.74) is 10.5. The maximum absolute atomic E-state index is 13.1. The molecule has 2 aliphatic heterocycles. The molecule has 2 rings (SSSR count). The summed E-state index contributed by atoms with van der Waals surface area (Å²) in [6.45, 7) is 1.68. The van der Waals surface area contributed by atoms with Crippen LogP contribution in [0, 0.1) is 0 Å². The van der Waals surface area contributed by atoms with Crippen LogP contribution in [0.15, 0.2) is 4.99 Å². The molecule has 0 aromatic heterocycles. The second-order valence-electron chi connectivity index (χ2n) is 8.80. The van der Waals surface area contributed by atoms with Crippen molar-refractivity contribution >= 4 is 35.6 Å². The number of carboxylic acid groups (broad SMARTS) is 2. The molecule has 0 radical (unpaired) electrons. The highest BCUT2D eigenvalue weighted by molar-refractivity contribution is 5.94. The van der Waals surface area contributed by atoms with Crippen molar-refractivity contribution in [1.29, 1.82) is 0 Å². The summed E-state index contributed by atoms with van der Waals surface area (Å²) < 4.78 is 0. The summed E-state index contributed by atoms with van der Waals surface area (Å²) in [6.07, 6.45) is 3.65. The normalized spacial score (nSPS) is 20.4. The molecule has 0 aliphatic carbocycles. The largest absolute Gasteiger partial charge is 0.481 e. The predicted molar refractivity (Wildman–Crippen MR) is 132 cm³/mol. The maximum atomic E-state index is 13.1. The first-order valence-electron chi connectivity index (χ1n) is 12.2. The minimum Gasteiger partial charge on any atom is -0.481 e. The summed E-state index contributed by atoms with van der Waals surface area (Å²) in [4.78, 5) is 64.1. The number of guanidine groups is 1. The van der Waals surface area contributed by atoms with Gasteiger partial charge in [0.2, 0.25) is 17.7 Å². The van der Waals surface area contributed by atoms with Crippen LogP contribution in [0.5, 0.6) is 0 Å². The molecular formula is C22H39N7O8. The van der Waals surface area contributed by atoms with Crippen molar-refractivity contribution in [3.05, 3.63) is 0 Å². The quantitative estimate of drug-likeness (QED) is 0.0777. The van der Waals surface area contributed by atoms with E-state index in [4.69, 9.17) is 21.4 Å². The standard InChI is InChI=1S/C20H35N7O6.C2H4O2/c21-20(22)24-9-4-6-13(19(32)33)25-17(30)15-7-1-2-10-27(15)18(31)14(11-28)26-16(29)12-5-3-8-23-12;1-2(3)4/h12-15,23,28H,1-11H2,(H,25,30)(H,26,29)(H,32,33)(H4,21,22,24);1H3,(H,3,4)/t12-,13-,14-,15-;/m0./s1. The van der Waals surface area contributed by atoms with Crippen LogP contribution in [0.25, 0.3) is 0 Å². The van der Waals surface area contributed by atoms with Gasteiger partial charge in [0, 0.05) is 20.0 Å². The van der Waals surface area contributed by atoms with Gasteiger partial charge < -0.3 is 47.6 Å². The number of hydrogen-bond donors (Lipinski definition) is 8. The van der Waals surface area contributed by atoms with Crippen LogP contribution in [0.2, 0.25) is 0 Å². The monoisotopic (exact) mass is 529 g/mol. The van der Waals surface area contributed by atoms with E-state index in [0.717, 1.165) is 13.3 Å². The number of amides is 3. The van der Waals surface area contributed by atoms with Crippen LogP contribution in [0.1, 0.15) is 51.9 Å². The average Bonchev–Trinajstić information content (AvgIpc) is 3.38. The Hall–Kier alpha value is -3.46. The van der Waals surface area contributed by atoms with Crippen molar-refractivity contribution in [3.8, 4) is 0 Å². The van der Waals surface area contributed by atoms with Gasteiger partial charge in [-0.1, -0.05) is 0 Å². The van der Waals surface area contributed by atoms with E-state index in [1.54, 1.807) is 0 Å². The molecule has 4 atom stereocenters. The minimum absolute atomic E-state index is 0.100. The summed E-state index contributed by atoms with van der Waals surface area (Å²) >= 11 is 0. The predicted octanol–water partition coefficient (Wildman–Crippen LogP) is -2.69. The Bertz CT molecular complexity index is 824. The van der Waals surface area contributed by atoms with E-state index < -0.39 is 54.5 Å². The van der Waals surface area contributed by atoms with Gasteiger partial charge in [-0.15, -0.1) is 0 Å². The lowest BCUT2D eigenvalue weighted by atomic mass is 9.99. The molecule has 2 aliphatic rings. The van der Waals surface area contributed by atoms with Gasteiger partial charge in [-0.2, -0.15) is 0 Å². The Kier molecular flexibility index (Phi) is 13.9. The first-order chi connectivity index (χ1) is 17.5. The average molecular weight is 530 g/mol. The van der Waals surface area contributed by atoms with Gasteiger partial charge in [0.15, 0.2) is 5.96 Å². The third kappa shape index (κ3) is 11.4. The van der Waals surface area contributed by atoms with Crippen LogP contribution in [-0.2, 0) is 24.0 Å². The van der Waals surface area contributed by atoms with Gasteiger partial charge >= 0.3 is 5.97 Å². The molecule has 210 valence electrons. The van der Waals surface area contributed by atoms with Crippen molar-refractivity contribution in [3.63, 3.8) is 0 Å². The number of carbonyl (C=O) groups is 5. The molecule has 2 heterocycles. The van der Waals surface area contributed by atoms with E-state index in [-0.39, 0.29) is 31.4 Å². The van der Waals surface area contributed by atoms with Gasteiger partial charge in [-0.05, 0) is 51.5 Å². The number of carbonyl (C=O) groups excluding carboxylic acids is 3. The molecule has 0 unspecified atom stereocenters. The van der Waals surface area contributed by atoms with Crippen molar-refractivity contribution < 1.29 is 39.3 Å². The molecule has 3 amide bonds. The van der Waals surface area contributed by atoms with Crippen molar-refractivity contribution in [1.82, 2.24) is 20.9 Å².